The first-order valence-electron chi connectivity index (χ1n) is 7.52. The number of aliphatic imine (C=N–C) groups is 1. The number of anilines is 1. The Kier molecular flexibility index (Phi) is 6.22. The minimum absolute atomic E-state index is 0.0328. The average molecular weight is 417 g/mol. The third-order valence-electron chi connectivity index (χ3n) is 3.69. The summed E-state index contributed by atoms with van der Waals surface area (Å²) in [5.41, 5.74) is 1.70. The minimum Gasteiger partial charge on any atom is -0.353 e. The predicted molar refractivity (Wildman–Crippen MR) is 99.1 cm³/mol. The fourth-order valence-corrected chi connectivity index (χ4v) is 4.42. The van der Waals surface area contributed by atoms with E-state index in [0.717, 1.165) is 15.7 Å². The Hall–Kier alpha value is -1.61. The average Bonchev–Trinajstić information content (AvgIpc) is 2.86. The van der Waals surface area contributed by atoms with E-state index in [0.29, 0.717) is 12.4 Å². The normalized spacial score (nSPS) is 19.8. The third-order valence-corrected chi connectivity index (χ3v) is 5.95. The van der Waals surface area contributed by atoms with Crippen molar-refractivity contribution in [1.29, 1.82) is 0 Å². The van der Waals surface area contributed by atoms with Crippen molar-refractivity contribution in [3.63, 3.8) is 0 Å². The Morgan fingerprint density at radius 2 is 2.17 bits per heavy atom. The summed E-state index contributed by atoms with van der Waals surface area (Å²) in [7, 11) is -1.38. The van der Waals surface area contributed by atoms with Crippen LogP contribution in [0.2, 0.25) is 0 Å². The van der Waals surface area contributed by atoms with Crippen LogP contribution in [0.25, 0.3) is 0 Å². The smallest absolute Gasteiger partial charge is 0.243 e. The second-order valence-corrected chi connectivity index (χ2v) is 8.82. The number of guanidine groups is 1. The van der Waals surface area contributed by atoms with Crippen molar-refractivity contribution < 1.29 is 13.2 Å². The van der Waals surface area contributed by atoms with Gasteiger partial charge in [0.2, 0.25) is 5.91 Å². The van der Waals surface area contributed by atoms with Gasteiger partial charge in [-0.05, 0) is 31.0 Å². The van der Waals surface area contributed by atoms with Gasteiger partial charge in [-0.15, -0.1) is 0 Å². The Labute approximate surface area is 150 Å². The molecule has 0 bridgehead atoms. The topological polar surface area (TPSA) is 99.7 Å². The number of nitrogens with zero attached hydrogens (tertiary/aromatic N) is 1. The van der Waals surface area contributed by atoms with Crippen molar-refractivity contribution in [2.75, 3.05) is 30.4 Å². The van der Waals surface area contributed by atoms with Gasteiger partial charge in [0, 0.05) is 23.2 Å². The van der Waals surface area contributed by atoms with Crippen LogP contribution in [0, 0.1) is 6.92 Å². The molecule has 0 aromatic heterocycles. The maximum Gasteiger partial charge on any atom is 0.243 e. The van der Waals surface area contributed by atoms with Gasteiger partial charge in [-0.1, -0.05) is 22.0 Å². The van der Waals surface area contributed by atoms with E-state index in [1.54, 1.807) is 7.05 Å². The molecule has 1 unspecified atom stereocenters. The maximum atomic E-state index is 12.1. The third kappa shape index (κ3) is 5.48. The molecule has 1 heterocycles. The highest BCUT2D eigenvalue weighted by Crippen LogP contribution is 2.20. The number of hydrogen-bond donors (Lipinski definition) is 3. The van der Waals surface area contributed by atoms with Gasteiger partial charge in [0.15, 0.2) is 15.8 Å². The molecule has 0 radical (unpaired) electrons. The lowest BCUT2D eigenvalue weighted by atomic mass is 10.2. The minimum atomic E-state index is -2.96. The van der Waals surface area contributed by atoms with Crippen molar-refractivity contribution >= 4 is 43.3 Å². The van der Waals surface area contributed by atoms with Gasteiger partial charge in [0.05, 0.1) is 18.1 Å². The Bertz CT molecular complexity index is 749. The van der Waals surface area contributed by atoms with Crippen molar-refractivity contribution in [3.05, 3.63) is 28.2 Å². The Morgan fingerprint density at radius 1 is 1.42 bits per heavy atom. The van der Waals surface area contributed by atoms with Crippen molar-refractivity contribution in [2.24, 2.45) is 4.99 Å². The molecule has 1 fully saturated rings. The van der Waals surface area contributed by atoms with E-state index < -0.39 is 9.84 Å². The van der Waals surface area contributed by atoms with Crippen LogP contribution in [0.5, 0.6) is 0 Å². The van der Waals surface area contributed by atoms with Crippen molar-refractivity contribution in [2.45, 2.75) is 19.4 Å². The number of nitrogens with one attached hydrogen (secondary N) is 3. The molecule has 9 heteroatoms. The highest BCUT2D eigenvalue weighted by molar-refractivity contribution is 9.10. The molecular weight excluding hydrogens is 396 g/mol. The van der Waals surface area contributed by atoms with Gasteiger partial charge in [0.25, 0.3) is 0 Å². The molecule has 24 heavy (non-hydrogen) atoms. The molecule has 132 valence electrons. The summed E-state index contributed by atoms with van der Waals surface area (Å²) in [6, 6.07) is 5.49. The van der Waals surface area contributed by atoms with Crippen molar-refractivity contribution in [3.8, 4) is 0 Å². The van der Waals surface area contributed by atoms with Gasteiger partial charge >= 0.3 is 0 Å². The summed E-state index contributed by atoms with van der Waals surface area (Å²) in [4.78, 5) is 16.1. The first-order valence-corrected chi connectivity index (χ1v) is 10.1. The monoisotopic (exact) mass is 416 g/mol. The van der Waals surface area contributed by atoms with Gasteiger partial charge in [-0.3, -0.25) is 9.79 Å². The van der Waals surface area contributed by atoms with E-state index in [1.807, 2.05) is 25.1 Å². The molecule has 3 N–H and O–H groups in total. The van der Waals surface area contributed by atoms with Gasteiger partial charge in [-0.2, -0.15) is 0 Å². The number of rotatable bonds is 4. The predicted octanol–water partition coefficient (Wildman–Crippen LogP) is 1.05. The molecule has 1 aliphatic heterocycles. The van der Waals surface area contributed by atoms with E-state index in [9.17, 15) is 13.2 Å². The van der Waals surface area contributed by atoms with E-state index in [-0.39, 0.29) is 30.0 Å². The molecule has 1 aliphatic rings. The molecule has 1 amide bonds. The van der Waals surface area contributed by atoms with Crippen LogP contribution in [-0.4, -0.2) is 51.4 Å². The highest BCUT2D eigenvalue weighted by atomic mass is 79.9. The van der Waals surface area contributed by atoms with Crippen LogP contribution < -0.4 is 16.0 Å². The van der Waals surface area contributed by atoms with Gasteiger partial charge < -0.3 is 16.0 Å². The van der Waals surface area contributed by atoms with Crippen molar-refractivity contribution in [1.82, 2.24) is 10.6 Å². The van der Waals surface area contributed by atoms with Gasteiger partial charge in [0.1, 0.15) is 0 Å². The molecule has 1 aromatic rings. The number of aryl methyl sites for hydroxylation is 1. The summed E-state index contributed by atoms with van der Waals surface area (Å²) < 4.78 is 23.8. The first kappa shape index (κ1) is 18.7. The second-order valence-electron chi connectivity index (χ2n) is 5.68. The second kappa shape index (κ2) is 7.98. The van der Waals surface area contributed by atoms with Crippen LogP contribution >= 0.6 is 15.9 Å². The summed E-state index contributed by atoms with van der Waals surface area (Å²) in [6.45, 7) is 1.95. The highest BCUT2D eigenvalue weighted by Gasteiger charge is 2.28. The molecule has 0 saturated carbocycles. The van der Waals surface area contributed by atoms with Crippen LogP contribution in [0.15, 0.2) is 27.7 Å². The van der Waals surface area contributed by atoms with E-state index >= 15 is 0 Å². The number of sulfone groups is 1. The summed E-state index contributed by atoms with van der Waals surface area (Å²) in [5, 5.41) is 8.76. The van der Waals surface area contributed by atoms with Gasteiger partial charge in [-0.25, -0.2) is 8.42 Å². The van der Waals surface area contributed by atoms with Crippen LogP contribution in [0.4, 0.5) is 5.69 Å². The molecule has 1 aromatic carbocycles. The lowest BCUT2D eigenvalue weighted by molar-refractivity contribution is -0.115. The largest absolute Gasteiger partial charge is 0.353 e. The number of carbonyl (C=O) groups excluding carboxylic acids is 1. The molecule has 0 aliphatic carbocycles. The van der Waals surface area contributed by atoms with Crippen LogP contribution in [0.1, 0.15) is 12.0 Å². The number of halogens is 1. The molecule has 2 rings (SSSR count). The summed E-state index contributed by atoms with van der Waals surface area (Å²) in [5.74, 6) is 0.484. The van der Waals surface area contributed by atoms with Crippen LogP contribution in [-0.2, 0) is 14.6 Å². The zero-order chi connectivity index (χ0) is 17.7. The molecule has 7 nitrogen and oxygen atoms in total. The number of amides is 1. The van der Waals surface area contributed by atoms with E-state index in [4.69, 9.17) is 0 Å². The zero-order valence-electron chi connectivity index (χ0n) is 13.6. The standard InChI is InChI=1S/C15H21BrN4O3S/c1-10-3-4-11(16)7-13(10)20-14(21)8-18-15(17-2)19-12-5-6-24(22,23)9-12/h3-4,7,12H,5-6,8-9H2,1-2H3,(H,20,21)(H2,17,18,19). The maximum absolute atomic E-state index is 12.1. The number of carbonyl (C=O) groups is 1. The first-order chi connectivity index (χ1) is 11.3. The Morgan fingerprint density at radius 3 is 2.79 bits per heavy atom. The number of benzene rings is 1. The lowest BCUT2D eigenvalue weighted by Gasteiger charge is -2.16. The zero-order valence-corrected chi connectivity index (χ0v) is 16.0. The van der Waals surface area contributed by atoms with E-state index in [1.165, 1.54) is 0 Å². The Balaban J connectivity index is 1.84. The molecule has 1 saturated heterocycles. The summed E-state index contributed by atoms with van der Waals surface area (Å²) in [6.07, 6.45) is 0.548. The fourth-order valence-electron chi connectivity index (χ4n) is 2.38. The fraction of sp³-hybridized carbons (Fsp3) is 0.467. The van der Waals surface area contributed by atoms with E-state index in [2.05, 4.69) is 36.9 Å². The SMILES string of the molecule is CN=C(NCC(=O)Nc1cc(Br)ccc1C)NC1CCS(=O)(=O)C1. The quantitative estimate of drug-likeness (QED) is 0.503. The molecule has 1 atom stereocenters. The molecular formula is C15H21BrN4O3S. The number of hydrogen-bond acceptors (Lipinski definition) is 4. The lowest BCUT2D eigenvalue weighted by Crippen LogP contribution is -2.46. The van der Waals surface area contributed by atoms with Crippen LogP contribution in [0.3, 0.4) is 0 Å². The molecule has 0 spiro atoms. The summed E-state index contributed by atoms with van der Waals surface area (Å²) >= 11 is 3.37.